The van der Waals surface area contributed by atoms with Crippen molar-refractivity contribution in [3.63, 3.8) is 0 Å². The van der Waals surface area contributed by atoms with E-state index in [1.165, 1.54) is 0 Å². The smallest absolute Gasteiger partial charge is 0.325 e. The monoisotopic (exact) mass is 374 g/mol. The Bertz CT molecular complexity index is 767. The average Bonchev–Trinajstić information content (AvgIpc) is 2.76. The van der Waals surface area contributed by atoms with E-state index in [0.29, 0.717) is 5.56 Å². The molecule has 1 fully saturated rings. The zero-order valence-electron chi connectivity index (χ0n) is 16.3. The van der Waals surface area contributed by atoms with Crippen LogP contribution in [0.4, 0.5) is 4.79 Å². The van der Waals surface area contributed by atoms with Crippen molar-refractivity contribution < 1.29 is 19.2 Å². The number of urea groups is 1. The van der Waals surface area contributed by atoms with Gasteiger partial charge in [0.1, 0.15) is 12.1 Å². The zero-order valence-corrected chi connectivity index (χ0v) is 16.3. The molecule has 1 heterocycles. The van der Waals surface area contributed by atoms with Crippen LogP contribution >= 0.6 is 0 Å². The summed E-state index contributed by atoms with van der Waals surface area (Å²) in [6, 6.07) is 6.60. The van der Waals surface area contributed by atoms with E-state index in [1.54, 1.807) is 19.1 Å². The highest BCUT2D eigenvalue weighted by atomic mass is 16.2. The van der Waals surface area contributed by atoms with E-state index >= 15 is 0 Å². The fraction of sp³-hybridized carbons (Fsp3) is 0.474. The summed E-state index contributed by atoms with van der Waals surface area (Å²) >= 11 is 0. The maximum absolute atomic E-state index is 12.8. The van der Waals surface area contributed by atoms with E-state index in [0.717, 1.165) is 10.5 Å². The van der Waals surface area contributed by atoms with Gasteiger partial charge in [0.05, 0.1) is 6.54 Å². The lowest BCUT2D eigenvalue weighted by Gasteiger charge is -2.22. The van der Waals surface area contributed by atoms with Crippen LogP contribution in [0.1, 0.15) is 38.8 Å². The molecule has 1 aromatic carbocycles. The van der Waals surface area contributed by atoms with Crippen molar-refractivity contribution in [1.82, 2.24) is 20.9 Å². The summed E-state index contributed by atoms with van der Waals surface area (Å²) in [6.07, 6.45) is 0. The maximum Gasteiger partial charge on any atom is 0.325 e. The van der Waals surface area contributed by atoms with Crippen LogP contribution < -0.4 is 16.0 Å². The van der Waals surface area contributed by atoms with Crippen LogP contribution in [0.15, 0.2) is 24.3 Å². The molecule has 3 N–H and O–H groups in total. The summed E-state index contributed by atoms with van der Waals surface area (Å²) in [6.45, 7) is 8.33. The topological polar surface area (TPSA) is 108 Å². The van der Waals surface area contributed by atoms with E-state index in [4.69, 9.17) is 0 Å². The Labute approximate surface area is 158 Å². The quantitative estimate of drug-likeness (QED) is 0.662. The zero-order chi connectivity index (χ0) is 20.4. The highest BCUT2D eigenvalue weighted by molar-refractivity contribution is 6.09. The number of nitrogens with zero attached hydrogens (tertiary/aromatic N) is 1. The van der Waals surface area contributed by atoms with Gasteiger partial charge < -0.3 is 16.0 Å². The number of nitrogens with one attached hydrogen (secondary N) is 3. The first-order valence-corrected chi connectivity index (χ1v) is 8.71. The van der Waals surface area contributed by atoms with E-state index in [1.807, 2.05) is 39.8 Å². The SMILES string of the molecule is Cc1ccc([C@]2(C)NC(=O)N(CC(=O)NCC(=O)NC(C)(C)C)C2=O)cc1. The summed E-state index contributed by atoms with van der Waals surface area (Å²) in [5, 5.41) is 7.78. The molecule has 1 aliphatic rings. The van der Waals surface area contributed by atoms with Crippen LogP contribution in [0.3, 0.4) is 0 Å². The number of carbonyl (C=O) groups excluding carboxylic acids is 4. The van der Waals surface area contributed by atoms with Crippen molar-refractivity contribution in [2.45, 2.75) is 45.7 Å². The van der Waals surface area contributed by atoms with Crippen molar-refractivity contribution in [2.24, 2.45) is 0 Å². The van der Waals surface area contributed by atoms with Gasteiger partial charge in [-0.1, -0.05) is 29.8 Å². The van der Waals surface area contributed by atoms with Gasteiger partial charge in [0.15, 0.2) is 0 Å². The van der Waals surface area contributed by atoms with Crippen LogP contribution in [-0.4, -0.2) is 47.3 Å². The minimum Gasteiger partial charge on any atom is -0.350 e. The first kappa shape index (κ1) is 20.4. The van der Waals surface area contributed by atoms with Gasteiger partial charge in [0.2, 0.25) is 11.8 Å². The molecule has 5 amide bonds. The van der Waals surface area contributed by atoms with Gasteiger partial charge in [0.25, 0.3) is 5.91 Å². The summed E-state index contributed by atoms with van der Waals surface area (Å²) in [5.41, 5.74) is 0.0275. The molecule has 2 rings (SSSR count). The third-order valence-corrected chi connectivity index (χ3v) is 4.17. The third-order valence-electron chi connectivity index (χ3n) is 4.17. The predicted octanol–water partition coefficient (Wildman–Crippen LogP) is 0.793. The molecule has 27 heavy (non-hydrogen) atoms. The predicted molar refractivity (Wildman–Crippen MR) is 99.7 cm³/mol. The first-order chi connectivity index (χ1) is 12.4. The standard InChI is InChI=1S/C19H26N4O4/c1-12-6-8-13(9-7-12)19(5)16(26)23(17(27)22-19)11-15(25)20-10-14(24)21-18(2,3)4/h6-9H,10-11H2,1-5H3,(H,20,25)(H,21,24)(H,22,27)/t19-/m0/s1. The Morgan fingerprint density at radius 3 is 2.26 bits per heavy atom. The van der Waals surface area contributed by atoms with Crippen LogP contribution in [-0.2, 0) is 19.9 Å². The summed E-state index contributed by atoms with van der Waals surface area (Å²) in [4.78, 5) is 49.7. The number of benzene rings is 1. The molecule has 0 bridgehead atoms. The van der Waals surface area contributed by atoms with Crippen molar-refractivity contribution in [3.05, 3.63) is 35.4 Å². The number of imide groups is 1. The minimum absolute atomic E-state index is 0.227. The van der Waals surface area contributed by atoms with Crippen LogP contribution in [0.2, 0.25) is 0 Å². The minimum atomic E-state index is -1.23. The summed E-state index contributed by atoms with van der Waals surface area (Å²) < 4.78 is 0. The number of hydrogen-bond donors (Lipinski definition) is 3. The molecular formula is C19H26N4O4. The fourth-order valence-electron chi connectivity index (χ4n) is 2.76. The lowest BCUT2D eigenvalue weighted by molar-refractivity contribution is -0.135. The van der Waals surface area contributed by atoms with Gasteiger partial charge >= 0.3 is 6.03 Å². The van der Waals surface area contributed by atoms with Gasteiger partial charge in [-0.15, -0.1) is 0 Å². The molecule has 146 valence electrons. The Kier molecular flexibility index (Phi) is 5.58. The van der Waals surface area contributed by atoms with Crippen molar-refractivity contribution in [2.75, 3.05) is 13.1 Å². The van der Waals surface area contributed by atoms with E-state index in [-0.39, 0.29) is 12.5 Å². The fourth-order valence-corrected chi connectivity index (χ4v) is 2.76. The molecule has 0 unspecified atom stereocenters. The second-order valence-corrected chi connectivity index (χ2v) is 7.89. The molecule has 0 radical (unpaired) electrons. The van der Waals surface area contributed by atoms with Gasteiger partial charge in [-0.25, -0.2) is 4.79 Å². The Morgan fingerprint density at radius 1 is 1.11 bits per heavy atom. The maximum atomic E-state index is 12.8. The number of hydrogen-bond acceptors (Lipinski definition) is 4. The van der Waals surface area contributed by atoms with Crippen molar-refractivity contribution >= 4 is 23.8 Å². The second-order valence-electron chi connectivity index (χ2n) is 7.89. The molecule has 0 saturated carbocycles. The van der Waals surface area contributed by atoms with Crippen LogP contribution in [0, 0.1) is 6.92 Å². The Hall–Kier alpha value is -2.90. The lowest BCUT2D eigenvalue weighted by Crippen LogP contribution is -2.48. The summed E-state index contributed by atoms with van der Waals surface area (Å²) in [5.74, 6) is -1.45. The highest BCUT2D eigenvalue weighted by Crippen LogP contribution is 2.28. The van der Waals surface area contributed by atoms with Crippen molar-refractivity contribution in [1.29, 1.82) is 0 Å². The number of carbonyl (C=O) groups is 4. The summed E-state index contributed by atoms with van der Waals surface area (Å²) in [7, 11) is 0. The molecule has 1 atom stereocenters. The molecule has 0 aromatic heterocycles. The largest absolute Gasteiger partial charge is 0.350 e. The lowest BCUT2D eigenvalue weighted by atomic mass is 9.91. The first-order valence-electron chi connectivity index (χ1n) is 8.71. The molecular weight excluding hydrogens is 348 g/mol. The number of amides is 5. The number of rotatable bonds is 5. The molecule has 0 spiro atoms. The Morgan fingerprint density at radius 2 is 1.70 bits per heavy atom. The van der Waals surface area contributed by atoms with Gasteiger partial charge in [0, 0.05) is 5.54 Å². The Balaban J connectivity index is 2.00. The van der Waals surface area contributed by atoms with Crippen LogP contribution in [0.25, 0.3) is 0 Å². The van der Waals surface area contributed by atoms with Crippen molar-refractivity contribution in [3.8, 4) is 0 Å². The van der Waals surface area contributed by atoms with E-state index < -0.39 is 35.5 Å². The highest BCUT2D eigenvalue weighted by Gasteiger charge is 2.49. The van der Waals surface area contributed by atoms with E-state index in [2.05, 4.69) is 16.0 Å². The average molecular weight is 374 g/mol. The molecule has 8 nitrogen and oxygen atoms in total. The van der Waals surface area contributed by atoms with Gasteiger partial charge in [-0.3, -0.25) is 19.3 Å². The molecule has 1 saturated heterocycles. The second kappa shape index (κ2) is 7.38. The number of aryl methyl sites for hydroxylation is 1. The van der Waals surface area contributed by atoms with E-state index in [9.17, 15) is 19.2 Å². The van der Waals surface area contributed by atoms with Gasteiger partial charge in [-0.2, -0.15) is 0 Å². The van der Waals surface area contributed by atoms with Crippen LogP contribution in [0.5, 0.6) is 0 Å². The third kappa shape index (κ3) is 4.84. The molecule has 1 aliphatic heterocycles. The normalized spacial score (nSPS) is 19.7. The molecule has 0 aliphatic carbocycles. The van der Waals surface area contributed by atoms with Gasteiger partial charge in [-0.05, 0) is 40.2 Å². The molecule has 1 aromatic rings. The molecule has 8 heteroatoms.